The number of nitrogens with two attached hydrogens (primary N) is 1. The molecule has 3 aromatic carbocycles. The Hall–Kier alpha value is -4.36. The fraction of sp³-hybridized carbons (Fsp3) is 0.412. The van der Waals surface area contributed by atoms with E-state index in [0.717, 1.165) is 21.9 Å². The zero-order chi connectivity index (χ0) is 33.5. The lowest BCUT2D eigenvalue weighted by molar-refractivity contribution is -0.139. The van der Waals surface area contributed by atoms with E-state index in [0.29, 0.717) is 44.9 Å². The molecule has 12 nitrogen and oxygen atoms in total. The van der Waals surface area contributed by atoms with E-state index in [4.69, 9.17) is 20.7 Å². The summed E-state index contributed by atoms with van der Waals surface area (Å²) in [6, 6.07) is 20.5. The van der Waals surface area contributed by atoms with Crippen LogP contribution in [0.1, 0.15) is 18.1 Å². The van der Waals surface area contributed by atoms with Gasteiger partial charge in [0.25, 0.3) is 0 Å². The van der Waals surface area contributed by atoms with Crippen LogP contribution in [-0.4, -0.2) is 121 Å². The predicted octanol–water partition coefficient (Wildman–Crippen LogP) is 1.70. The number of ether oxygens (including phenoxy) is 1. The number of carboxylic acid groups (broad SMARTS) is 2. The molecule has 0 saturated heterocycles. The summed E-state index contributed by atoms with van der Waals surface area (Å²) < 4.78 is 5.67. The highest BCUT2D eigenvalue weighted by Crippen LogP contribution is 2.17. The van der Waals surface area contributed by atoms with Crippen LogP contribution in [0.3, 0.4) is 0 Å². The normalized spacial score (nSPS) is 12.0. The first-order valence-corrected chi connectivity index (χ1v) is 15.3. The number of carbonyl (C=O) groups excluding carboxylic acids is 2. The van der Waals surface area contributed by atoms with Gasteiger partial charge in [0.15, 0.2) is 5.78 Å². The lowest BCUT2D eigenvalue weighted by Gasteiger charge is -2.27. The van der Waals surface area contributed by atoms with Crippen molar-refractivity contribution < 1.29 is 34.1 Å². The summed E-state index contributed by atoms with van der Waals surface area (Å²) >= 11 is 0. The number of likely N-dealkylation sites (N-methyl/N-ethyl adjacent to an activating group) is 2. The lowest BCUT2D eigenvalue weighted by Crippen LogP contribution is -2.45. The summed E-state index contributed by atoms with van der Waals surface area (Å²) in [6.07, 6.45) is 0.418. The predicted molar refractivity (Wildman–Crippen MR) is 176 cm³/mol. The molecule has 0 aliphatic heterocycles. The Morgan fingerprint density at radius 3 is 2.11 bits per heavy atom. The smallest absolute Gasteiger partial charge is 0.317 e. The Morgan fingerprint density at radius 1 is 0.804 bits per heavy atom. The average molecular weight is 636 g/mol. The maximum atomic E-state index is 12.8. The van der Waals surface area contributed by atoms with Gasteiger partial charge in [-0.15, -0.1) is 0 Å². The van der Waals surface area contributed by atoms with Gasteiger partial charge in [-0.05, 0) is 54.0 Å². The number of carbonyl (C=O) groups is 4. The SMILES string of the molecule is CCN(CCN(CCN(C)CC(=O)O)CC(=O)NCc1ccc(OCC(=O)[C@H](N)Cc2ccc3ccccc3c2)cc1)CC(=O)O. The second kappa shape index (κ2) is 18.6. The molecular weight excluding hydrogens is 590 g/mol. The van der Waals surface area contributed by atoms with Crippen LogP contribution in [0.4, 0.5) is 0 Å². The molecule has 248 valence electrons. The molecule has 0 radical (unpaired) electrons. The van der Waals surface area contributed by atoms with Crippen LogP contribution in [0.15, 0.2) is 66.7 Å². The maximum Gasteiger partial charge on any atom is 0.317 e. The number of nitrogens with zero attached hydrogens (tertiary/aromatic N) is 3. The number of benzene rings is 3. The summed E-state index contributed by atoms with van der Waals surface area (Å²) in [5.41, 5.74) is 8.00. The number of carboxylic acids is 2. The van der Waals surface area contributed by atoms with Crippen LogP contribution in [0.5, 0.6) is 5.75 Å². The molecule has 0 bridgehead atoms. The zero-order valence-electron chi connectivity index (χ0n) is 26.6. The lowest BCUT2D eigenvalue weighted by atomic mass is 10.0. The van der Waals surface area contributed by atoms with Gasteiger partial charge in [0, 0.05) is 32.7 Å². The highest BCUT2D eigenvalue weighted by atomic mass is 16.5. The summed E-state index contributed by atoms with van der Waals surface area (Å²) in [5, 5.41) is 23.3. The quantitative estimate of drug-likeness (QED) is 0.135. The van der Waals surface area contributed by atoms with Gasteiger partial charge in [0.2, 0.25) is 5.91 Å². The zero-order valence-corrected chi connectivity index (χ0v) is 26.6. The van der Waals surface area contributed by atoms with Crippen LogP contribution < -0.4 is 15.8 Å². The second-order valence-corrected chi connectivity index (χ2v) is 11.3. The minimum Gasteiger partial charge on any atom is -0.486 e. The largest absolute Gasteiger partial charge is 0.486 e. The molecular formula is C34H45N5O7. The Bertz CT molecular complexity index is 1450. The molecule has 0 aromatic heterocycles. The standard InChI is InChI=1S/C34H45N5O7/c1-3-38(23-34(44)45)16-17-39(15-14-37(2)22-33(42)43)21-32(41)36-20-25-9-12-29(13-10-25)46-24-31(40)30(35)19-26-8-11-27-6-4-5-7-28(27)18-26/h4-13,18,30H,3,14-17,19-24,35H2,1-2H3,(H,36,41)(H,42,43)(H,44,45)/t30-/m1/s1. The van der Waals surface area contributed by atoms with E-state index in [1.807, 2.05) is 54.3 Å². The molecule has 0 saturated carbocycles. The van der Waals surface area contributed by atoms with Gasteiger partial charge in [-0.25, -0.2) is 0 Å². The monoisotopic (exact) mass is 635 g/mol. The molecule has 0 aliphatic rings. The molecule has 0 heterocycles. The number of ketones is 1. The van der Waals surface area contributed by atoms with Gasteiger partial charge in [0.1, 0.15) is 12.4 Å². The number of hydrogen-bond acceptors (Lipinski definition) is 9. The molecule has 1 atom stereocenters. The molecule has 0 aliphatic carbocycles. The number of nitrogens with one attached hydrogen (secondary N) is 1. The van der Waals surface area contributed by atoms with Crippen LogP contribution in [0.25, 0.3) is 10.8 Å². The number of fused-ring (bicyclic) bond motifs is 1. The molecule has 46 heavy (non-hydrogen) atoms. The topological polar surface area (TPSA) is 166 Å². The van der Waals surface area contributed by atoms with Crippen LogP contribution in [0, 0.1) is 0 Å². The molecule has 3 aromatic rings. The fourth-order valence-electron chi connectivity index (χ4n) is 4.87. The van der Waals surface area contributed by atoms with Crippen LogP contribution in [-0.2, 0) is 32.1 Å². The van der Waals surface area contributed by atoms with Gasteiger partial charge >= 0.3 is 11.9 Å². The molecule has 1 amide bonds. The Labute approximate surface area is 269 Å². The third-order valence-corrected chi connectivity index (χ3v) is 7.59. The maximum absolute atomic E-state index is 12.8. The third kappa shape index (κ3) is 12.9. The fourth-order valence-corrected chi connectivity index (χ4v) is 4.87. The molecule has 0 spiro atoms. The number of hydrogen-bond donors (Lipinski definition) is 4. The van der Waals surface area contributed by atoms with E-state index in [1.54, 1.807) is 41.1 Å². The van der Waals surface area contributed by atoms with Gasteiger partial charge in [0.05, 0.1) is 25.7 Å². The van der Waals surface area contributed by atoms with Crippen molar-refractivity contribution in [3.8, 4) is 5.75 Å². The van der Waals surface area contributed by atoms with Crippen molar-refractivity contribution in [1.29, 1.82) is 0 Å². The van der Waals surface area contributed by atoms with Crippen molar-refractivity contribution in [2.75, 3.05) is 66.0 Å². The first-order chi connectivity index (χ1) is 22.0. The number of Topliss-reactive ketones (excluding diaryl/α,β-unsaturated/α-hetero) is 1. The molecule has 0 unspecified atom stereocenters. The van der Waals surface area contributed by atoms with Crippen molar-refractivity contribution in [2.45, 2.75) is 25.9 Å². The summed E-state index contributed by atoms with van der Waals surface area (Å²) in [4.78, 5) is 52.9. The average Bonchev–Trinajstić information content (AvgIpc) is 3.03. The first kappa shape index (κ1) is 36.1. The van der Waals surface area contributed by atoms with Gasteiger partial charge in [-0.2, -0.15) is 0 Å². The minimum absolute atomic E-state index is 0.0777. The van der Waals surface area contributed by atoms with Crippen molar-refractivity contribution in [3.05, 3.63) is 77.9 Å². The first-order valence-electron chi connectivity index (χ1n) is 15.3. The summed E-state index contributed by atoms with van der Waals surface area (Å²) in [6.45, 7) is 4.20. The Balaban J connectivity index is 1.45. The van der Waals surface area contributed by atoms with Crippen molar-refractivity contribution in [3.63, 3.8) is 0 Å². The van der Waals surface area contributed by atoms with Crippen LogP contribution in [0.2, 0.25) is 0 Å². The van der Waals surface area contributed by atoms with Crippen molar-refractivity contribution in [1.82, 2.24) is 20.0 Å². The number of amides is 1. The highest BCUT2D eigenvalue weighted by molar-refractivity contribution is 5.86. The molecule has 3 rings (SSSR count). The van der Waals surface area contributed by atoms with E-state index < -0.39 is 18.0 Å². The Kier molecular flexibility index (Phi) is 14.6. The molecule has 12 heteroatoms. The minimum atomic E-state index is -0.936. The highest BCUT2D eigenvalue weighted by Gasteiger charge is 2.17. The third-order valence-electron chi connectivity index (χ3n) is 7.59. The van der Waals surface area contributed by atoms with E-state index in [2.05, 4.69) is 5.32 Å². The van der Waals surface area contributed by atoms with Crippen molar-refractivity contribution >= 4 is 34.4 Å². The summed E-state index contributed by atoms with van der Waals surface area (Å²) in [7, 11) is 1.69. The summed E-state index contributed by atoms with van der Waals surface area (Å²) in [5.74, 6) is -1.76. The van der Waals surface area contributed by atoms with Gasteiger partial charge in [-0.1, -0.05) is 61.5 Å². The number of aliphatic carboxylic acids is 2. The van der Waals surface area contributed by atoms with Gasteiger partial charge in [-0.3, -0.25) is 33.9 Å². The Morgan fingerprint density at radius 2 is 1.43 bits per heavy atom. The number of rotatable bonds is 21. The second-order valence-electron chi connectivity index (χ2n) is 11.3. The van der Waals surface area contributed by atoms with Crippen LogP contribution >= 0.6 is 0 Å². The van der Waals surface area contributed by atoms with Gasteiger partial charge < -0.3 is 26.0 Å². The van der Waals surface area contributed by atoms with E-state index in [-0.39, 0.29) is 44.5 Å². The van der Waals surface area contributed by atoms with E-state index >= 15 is 0 Å². The van der Waals surface area contributed by atoms with E-state index in [9.17, 15) is 19.2 Å². The molecule has 5 N–H and O–H groups in total. The van der Waals surface area contributed by atoms with E-state index in [1.165, 1.54) is 0 Å². The molecule has 0 fully saturated rings. The van der Waals surface area contributed by atoms with Crippen molar-refractivity contribution in [2.24, 2.45) is 5.73 Å².